The number of sulfonamides is 2. The van der Waals surface area contributed by atoms with E-state index in [9.17, 15) is 16.8 Å². The fraction of sp³-hybridized carbons (Fsp3) is 0.250. The molecule has 0 radical (unpaired) electrons. The number of nitrogens with zero attached hydrogens (tertiary/aromatic N) is 2. The van der Waals surface area contributed by atoms with Crippen LogP contribution in [0, 0.1) is 0 Å². The molecule has 0 amide bonds. The highest BCUT2D eigenvalue weighted by atomic mass is 35.5. The summed E-state index contributed by atoms with van der Waals surface area (Å²) in [6.07, 6.45) is 1.15. The monoisotopic (exact) mass is 395 g/mol. The maximum atomic E-state index is 12.1. The zero-order chi connectivity index (χ0) is 17.3. The Labute approximate surface area is 144 Å². The summed E-state index contributed by atoms with van der Waals surface area (Å²) in [4.78, 5) is 4.29. The quantitative estimate of drug-likeness (QED) is 0.748. The summed E-state index contributed by atoms with van der Waals surface area (Å²) >= 11 is 6.63. The van der Waals surface area contributed by atoms with Crippen molar-refractivity contribution in [1.29, 1.82) is 0 Å². The molecule has 0 unspecified atom stereocenters. The van der Waals surface area contributed by atoms with Crippen LogP contribution in [0.15, 0.2) is 39.6 Å². The van der Waals surface area contributed by atoms with E-state index in [4.69, 9.17) is 11.6 Å². The van der Waals surface area contributed by atoms with Crippen LogP contribution in [0.25, 0.3) is 0 Å². The van der Waals surface area contributed by atoms with Crippen molar-refractivity contribution < 1.29 is 16.8 Å². The number of hydrogen-bond acceptors (Lipinski definition) is 6. The molecular formula is C12H14ClN3O4S3. The summed E-state index contributed by atoms with van der Waals surface area (Å²) in [7, 11) is -4.39. The van der Waals surface area contributed by atoms with E-state index in [2.05, 4.69) is 9.71 Å². The Bertz CT molecular complexity index is 890. The zero-order valence-electron chi connectivity index (χ0n) is 12.2. The van der Waals surface area contributed by atoms with Crippen LogP contribution in [-0.4, -0.2) is 40.2 Å². The van der Waals surface area contributed by atoms with Gasteiger partial charge in [0.25, 0.3) is 10.0 Å². The summed E-state index contributed by atoms with van der Waals surface area (Å²) in [5.41, 5.74) is 0. The average molecular weight is 396 g/mol. The lowest BCUT2D eigenvalue weighted by Gasteiger charge is -2.08. The molecule has 0 saturated heterocycles. The molecule has 0 aliphatic carbocycles. The van der Waals surface area contributed by atoms with Crippen molar-refractivity contribution in [3.05, 3.63) is 40.5 Å². The summed E-state index contributed by atoms with van der Waals surface area (Å²) < 4.78 is 51.8. The number of thiophene rings is 1. The minimum atomic E-state index is -3.74. The first-order valence-electron chi connectivity index (χ1n) is 6.25. The van der Waals surface area contributed by atoms with E-state index in [1.807, 2.05) is 0 Å². The second kappa shape index (κ2) is 6.83. The number of rotatable bonds is 6. The van der Waals surface area contributed by atoms with Gasteiger partial charge >= 0.3 is 0 Å². The van der Waals surface area contributed by atoms with Gasteiger partial charge in [-0.2, -0.15) is 0 Å². The fourth-order valence-corrected chi connectivity index (χ4v) is 5.16. The van der Waals surface area contributed by atoms with Crippen molar-refractivity contribution in [3.8, 4) is 0 Å². The van der Waals surface area contributed by atoms with Crippen molar-refractivity contribution in [1.82, 2.24) is 14.0 Å². The largest absolute Gasteiger partial charge is 0.252 e. The summed E-state index contributed by atoms with van der Waals surface area (Å²) in [5.74, 6) is 0. The molecule has 0 saturated carbocycles. The van der Waals surface area contributed by atoms with Crippen LogP contribution in [0.1, 0.15) is 4.88 Å². The maximum absolute atomic E-state index is 12.1. The van der Waals surface area contributed by atoms with Crippen molar-refractivity contribution in [2.75, 3.05) is 14.1 Å². The van der Waals surface area contributed by atoms with E-state index in [1.165, 1.54) is 32.3 Å². The number of halogens is 1. The van der Waals surface area contributed by atoms with Crippen LogP contribution < -0.4 is 4.72 Å². The fourth-order valence-electron chi connectivity index (χ4n) is 1.54. The molecule has 0 bridgehead atoms. The van der Waals surface area contributed by atoms with Gasteiger partial charge < -0.3 is 0 Å². The molecule has 0 aromatic carbocycles. The molecule has 0 spiro atoms. The topological polar surface area (TPSA) is 96.4 Å². The van der Waals surface area contributed by atoms with E-state index in [1.54, 1.807) is 6.07 Å². The van der Waals surface area contributed by atoms with Gasteiger partial charge in [-0.05, 0) is 24.3 Å². The zero-order valence-corrected chi connectivity index (χ0v) is 15.4. The Hall–Kier alpha value is -1.04. The normalized spacial score (nSPS) is 12.7. The molecule has 11 heteroatoms. The van der Waals surface area contributed by atoms with Crippen molar-refractivity contribution in [2.45, 2.75) is 15.6 Å². The summed E-state index contributed by atoms with van der Waals surface area (Å²) in [6, 6.07) is 5.74. The molecule has 0 fully saturated rings. The molecule has 1 N–H and O–H groups in total. The first kappa shape index (κ1) is 18.3. The third-order valence-electron chi connectivity index (χ3n) is 2.82. The highest BCUT2D eigenvalue weighted by Gasteiger charge is 2.20. The molecule has 2 heterocycles. The molecular weight excluding hydrogens is 382 g/mol. The van der Waals surface area contributed by atoms with Gasteiger partial charge in [-0.3, -0.25) is 0 Å². The lowest BCUT2D eigenvalue weighted by Crippen LogP contribution is -2.23. The standard InChI is InChI=1S/C12H14ClN3O4S3/c1-16(2)23(19,20)12-6-3-9(21-12)7-15-22(17,18)10-4-5-11(13)14-8-10/h3-6,8,15H,7H2,1-2H3. The van der Waals surface area contributed by atoms with E-state index in [0.717, 1.165) is 21.8 Å². The molecule has 0 atom stereocenters. The third kappa shape index (κ3) is 4.28. The second-order valence-electron chi connectivity index (χ2n) is 4.65. The highest BCUT2D eigenvalue weighted by molar-refractivity contribution is 7.91. The van der Waals surface area contributed by atoms with Crippen LogP contribution >= 0.6 is 22.9 Å². The molecule has 23 heavy (non-hydrogen) atoms. The van der Waals surface area contributed by atoms with Crippen LogP contribution in [0.3, 0.4) is 0 Å². The van der Waals surface area contributed by atoms with Crippen molar-refractivity contribution in [3.63, 3.8) is 0 Å². The van der Waals surface area contributed by atoms with Gasteiger partial charge in [-0.1, -0.05) is 11.6 Å². The van der Waals surface area contributed by atoms with E-state index < -0.39 is 20.0 Å². The SMILES string of the molecule is CN(C)S(=O)(=O)c1ccc(CNS(=O)(=O)c2ccc(Cl)nc2)s1. The van der Waals surface area contributed by atoms with Gasteiger partial charge in [-0.15, -0.1) is 11.3 Å². The van der Waals surface area contributed by atoms with E-state index in [0.29, 0.717) is 4.88 Å². The number of pyridine rings is 1. The van der Waals surface area contributed by atoms with Gasteiger partial charge in [-0.25, -0.2) is 30.8 Å². The summed E-state index contributed by atoms with van der Waals surface area (Å²) in [5, 5.41) is 0.195. The minimum Gasteiger partial charge on any atom is -0.243 e. The Morgan fingerprint density at radius 3 is 2.43 bits per heavy atom. The number of nitrogens with one attached hydrogen (secondary N) is 1. The average Bonchev–Trinajstić information content (AvgIpc) is 2.95. The molecule has 0 aliphatic rings. The first-order chi connectivity index (χ1) is 10.6. The van der Waals surface area contributed by atoms with Gasteiger partial charge in [0.2, 0.25) is 10.0 Å². The predicted octanol–water partition coefficient (Wildman–Crippen LogP) is 1.53. The maximum Gasteiger partial charge on any atom is 0.252 e. The van der Waals surface area contributed by atoms with Crippen molar-refractivity contribution in [2.24, 2.45) is 0 Å². The second-order valence-corrected chi connectivity index (χ2v) is 10.4. The minimum absolute atomic E-state index is 0.0143. The van der Waals surface area contributed by atoms with E-state index >= 15 is 0 Å². The van der Waals surface area contributed by atoms with Gasteiger partial charge in [0, 0.05) is 31.7 Å². The number of hydrogen-bond donors (Lipinski definition) is 1. The summed E-state index contributed by atoms with van der Waals surface area (Å²) in [6.45, 7) is -0.0153. The molecule has 0 aliphatic heterocycles. The third-order valence-corrected chi connectivity index (χ3v) is 7.80. The highest BCUT2D eigenvalue weighted by Crippen LogP contribution is 2.24. The Morgan fingerprint density at radius 1 is 1.17 bits per heavy atom. The lowest BCUT2D eigenvalue weighted by atomic mass is 10.5. The molecule has 2 aromatic rings. The molecule has 2 rings (SSSR count). The smallest absolute Gasteiger partial charge is 0.243 e. The van der Waals surface area contributed by atoms with E-state index in [-0.39, 0.29) is 20.8 Å². The van der Waals surface area contributed by atoms with Crippen molar-refractivity contribution >= 4 is 43.0 Å². The van der Waals surface area contributed by atoms with Gasteiger partial charge in [0.15, 0.2) is 0 Å². The Balaban J connectivity index is 2.12. The van der Waals surface area contributed by atoms with Crippen LogP contribution in [0.5, 0.6) is 0 Å². The lowest BCUT2D eigenvalue weighted by molar-refractivity contribution is 0.523. The Morgan fingerprint density at radius 2 is 1.87 bits per heavy atom. The molecule has 126 valence electrons. The Kier molecular flexibility index (Phi) is 5.44. The number of aromatic nitrogens is 1. The molecule has 7 nitrogen and oxygen atoms in total. The predicted molar refractivity (Wildman–Crippen MR) is 88.5 cm³/mol. The first-order valence-corrected chi connectivity index (χ1v) is 10.4. The van der Waals surface area contributed by atoms with Gasteiger partial charge in [0.1, 0.15) is 14.3 Å². The molecule has 2 aromatic heterocycles. The van der Waals surface area contributed by atoms with Crippen LogP contribution in [-0.2, 0) is 26.6 Å². The van der Waals surface area contributed by atoms with Gasteiger partial charge in [0.05, 0.1) is 0 Å². The van der Waals surface area contributed by atoms with Crippen LogP contribution in [0.4, 0.5) is 0 Å². The van der Waals surface area contributed by atoms with Crippen LogP contribution in [0.2, 0.25) is 5.15 Å².